The molecule has 2 rings (SSSR count). The van der Waals surface area contributed by atoms with Crippen molar-refractivity contribution in [2.24, 2.45) is 0 Å². The van der Waals surface area contributed by atoms with E-state index in [0.29, 0.717) is 9.76 Å². The van der Waals surface area contributed by atoms with Crippen molar-refractivity contribution in [1.82, 2.24) is 0 Å². The van der Waals surface area contributed by atoms with E-state index in [1.807, 2.05) is 60.7 Å². The van der Waals surface area contributed by atoms with E-state index in [0.717, 1.165) is 10.4 Å². The largest absolute Gasteiger partial charge is 0.290 e. The van der Waals surface area contributed by atoms with E-state index < -0.39 is 7.83 Å². The molecule has 15 heavy (non-hydrogen) atoms. The average molecular weight is 229 g/mol. The van der Waals surface area contributed by atoms with Crippen LogP contribution >= 0.6 is 0 Å². The standard InChI is InChI=1S/C12H13OSi2/c13-15(14,11-7-3-1-4-8-11)12-9-5-2-6-10-12/h1-10H,14H3. The van der Waals surface area contributed by atoms with E-state index in [4.69, 9.17) is 0 Å². The number of rotatable bonds is 2. The third-order valence-corrected chi connectivity index (χ3v) is 8.98. The fourth-order valence-corrected chi connectivity index (χ4v) is 5.67. The lowest BCUT2D eigenvalue weighted by Crippen LogP contribution is -2.58. The Balaban J connectivity index is 2.44. The van der Waals surface area contributed by atoms with Crippen molar-refractivity contribution in [1.29, 1.82) is 0 Å². The van der Waals surface area contributed by atoms with Gasteiger partial charge in [-0.3, -0.25) is 4.80 Å². The molecule has 0 aliphatic carbocycles. The number of benzene rings is 2. The van der Waals surface area contributed by atoms with Gasteiger partial charge in [0.2, 0.25) is 0 Å². The summed E-state index contributed by atoms with van der Waals surface area (Å²) in [6.07, 6.45) is 0. The molecule has 1 nitrogen and oxygen atoms in total. The monoisotopic (exact) mass is 229 g/mol. The molecule has 0 saturated carbocycles. The minimum absolute atomic E-state index is 0.707. The van der Waals surface area contributed by atoms with Gasteiger partial charge >= 0.3 is 0 Å². The van der Waals surface area contributed by atoms with Gasteiger partial charge in [-0.05, 0) is 10.4 Å². The highest BCUT2D eigenvalue weighted by Crippen LogP contribution is 1.98. The Morgan fingerprint density at radius 3 is 1.40 bits per heavy atom. The quantitative estimate of drug-likeness (QED) is 0.648. The molecule has 75 valence electrons. The summed E-state index contributed by atoms with van der Waals surface area (Å²) in [5.74, 6) is 0. The molecule has 0 aliphatic rings. The van der Waals surface area contributed by atoms with Gasteiger partial charge < -0.3 is 0 Å². The molecule has 0 aromatic heterocycles. The van der Waals surface area contributed by atoms with Gasteiger partial charge in [0.05, 0.1) is 0 Å². The molecule has 0 bridgehead atoms. The molecular weight excluding hydrogens is 216 g/mol. The van der Waals surface area contributed by atoms with Crippen LogP contribution in [0.4, 0.5) is 0 Å². The molecule has 0 saturated heterocycles. The Morgan fingerprint density at radius 1 is 0.733 bits per heavy atom. The number of hydrogen-bond donors (Lipinski definition) is 0. The second-order valence-corrected chi connectivity index (χ2v) is 11.2. The molecule has 2 aromatic rings. The molecule has 0 spiro atoms. The highest BCUT2D eigenvalue weighted by atomic mass is 29.2. The van der Waals surface area contributed by atoms with E-state index in [1.165, 1.54) is 0 Å². The third-order valence-electron chi connectivity index (χ3n) is 2.65. The van der Waals surface area contributed by atoms with Crippen LogP contribution < -0.4 is 10.4 Å². The van der Waals surface area contributed by atoms with Crippen molar-refractivity contribution in [2.45, 2.75) is 0 Å². The van der Waals surface area contributed by atoms with Crippen LogP contribution in [0.2, 0.25) is 0 Å². The first kappa shape index (κ1) is 10.4. The molecular formula is C12H13OSi2. The minimum atomic E-state index is -2.57. The van der Waals surface area contributed by atoms with Crippen LogP contribution in [-0.4, -0.2) is 17.6 Å². The molecule has 0 aliphatic heterocycles. The lowest BCUT2D eigenvalue weighted by atomic mass is 10.4. The van der Waals surface area contributed by atoms with Crippen molar-refractivity contribution >= 4 is 28.0 Å². The molecule has 0 unspecified atom stereocenters. The number of hydrogen-bond acceptors (Lipinski definition) is 0. The Hall–Kier alpha value is -1.17. The smallest absolute Gasteiger partial charge is 0.272 e. The van der Waals surface area contributed by atoms with Crippen molar-refractivity contribution < 1.29 is 4.80 Å². The zero-order valence-electron chi connectivity index (χ0n) is 8.68. The second-order valence-electron chi connectivity index (χ2n) is 3.77. The summed E-state index contributed by atoms with van der Waals surface area (Å²) >= 11 is 0. The molecule has 0 fully saturated rings. The van der Waals surface area contributed by atoms with Crippen LogP contribution in [0.25, 0.3) is 0 Å². The van der Waals surface area contributed by atoms with Gasteiger partial charge in [-0.15, -0.1) is 0 Å². The normalized spacial score (nSPS) is 11.5. The van der Waals surface area contributed by atoms with E-state index in [-0.39, 0.29) is 0 Å². The maximum absolute atomic E-state index is 12.7. The lowest BCUT2D eigenvalue weighted by molar-refractivity contribution is 0.462. The second kappa shape index (κ2) is 4.14. The van der Waals surface area contributed by atoms with Crippen LogP contribution in [0.15, 0.2) is 60.7 Å². The maximum atomic E-state index is 12.7. The van der Waals surface area contributed by atoms with E-state index >= 15 is 0 Å². The minimum Gasteiger partial charge on any atom is -0.290 e. The Bertz CT molecular complexity index is 384. The summed E-state index contributed by atoms with van der Waals surface area (Å²) in [6, 6.07) is 19.6. The average Bonchev–Trinajstić information content (AvgIpc) is 2.31. The van der Waals surface area contributed by atoms with Crippen LogP contribution in [0, 0.1) is 0 Å². The van der Waals surface area contributed by atoms with Crippen molar-refractivity contribution in [3.63, 3.8) is 0 Å². The third kappa shape index (κ3) is 2.09. The molecule has 1 radical (unpaired) electrons. The summed E-state index contributed by atoms with van der Waals surface area (Å²) in [7, 11) is -1.86. The maximum Gasteiger partial charge on any atom is 0.272 e. The van der Waals surface area contributed by atoms with Crippen LogP contribution in [0.3, 0.4) is 0 Å². The van der Waals surface area contributed by atoms with Gasteiger partial charge in [-0.25, -0.2) is 0 Å². The van der Waals surface area contributed by atoms with Gasteiger partial charge in [-0.2, -0.15) is 0 Å². The Kier molecular flexibility index (Phi) is 2.86. The first-order valence-electron chi connectivity index (χ1n) is 5.03. The summed E-state index contributed by atoms with van der Waals surface area (Å²) < 4.78 is 0. The first-order chi connectivity index (χ1) is 7.21. The predicted molar refractivity (Wildman–Crippen MR) is 68.5 cm³/mol. The summed E-state index contributed by atoms with van der Waals surface area (Å²) in [4.78, 5) is 12.7. The highest BCUT2D eigenvalue weighted by molar-refractivity contribution is 7.27. The summed E-state index contributed by atoms with van der Waals surface area (Å²) in [5, 5.41) is 2.01. The van der Waals surface area contributed by atoms with Gasteiger partial charge in [0.25, 0.3) is 7.83 Å². The summed E-state index contributed by atoms with van der Waals surface area (Å²) in [6.45, 7) is 0. The van der Waals surface area contributed by atoms with E-state index in [1.54, 1.807) is 0 Å². The molecule has 0 atom stereocenters. The first-order valence-corrected chi connectivity index (χ1v) is 10.4. The SMILES string of the molecule is [O][Si]([SiH3])(c1ccccc1)c1ccccc1. The highest BCUT2D eigenvalue weighted by Gasteiger charge is 2.31. The fraction of sp³-hybridized carbons (Fsp3) is 0. The van der Waals surface area contributed by atoms with Gasteiger partial charge in [0, 0.05) is 9.76 Å². The van der Waals surface area contributed by atoms with Crippen LogP contribution in [-0.2, 0) is 4.80 Å². The zero-order chi connectivity index (χ0) is 10.7. The molecule has 3 heteroatoms. The van der Waals surface area contributed by atoms with Crippen molar-refractivity contribution in [3.8, 4) is 0 Å². The van der Waals surface area contributed by atoms with Gasteiger partial charge in [-0.1, -0.05) is 60.7 Å². The van der Waals surface area contributed by atoms with E-state index in [2.05, 4.69) is 0 Å². The molecule has 0 N–H and O–H groups in total. The Morgan fingerprint density at radius 2 is 1.07 bits per heavy atom. The van der Waals surface area contributed by atoms with Gasteiger partial charge in [0.15, 0.2) is 0 Å². The van der Waals surface area contributed by atoms with Crippen LogP contribution in [0.5, 0.6) is 0 Å². The molecule has 2 aromatic carbocycles. The molecule has 0 heterocycles. The Labute approximate surface area is 93.7 Å². The van der Waals surface area contributed by atoms with Crippen molar-refractivity contribution in [2.75, 3.05) is 0 Å². The van der Waals surface area contributed by atoms with Crippen LogP contribution in [0.1, 0.15) is 0 Å². The van der Waals surface area contributed by atoms with Gasteiger partial charge in [0.1, 0.15) is 0 Å². The fourth-order valence-electron chi connectivity index (χ4n) is 1.68. The summed E-state index contributed by atoms with van der Waals surface area (Å²) in [5.41, 5.74) is 0. The topological polar surface area (TPSA) is 19.9 Å². The predicted octanol–water partition coefficient (Wildman–Crippen LogP) is 0.0389. The van der Waals surface area contributed by atoms with Crippen molar-refractivity contribution in [3.05, 3.63) is 60.7 Å². The van der Waals surface area contributed by atoms with E-state index in [9.17, 15) is 4.80 Å². The zero-order valence-corrected chi connectivity index (χ0v) is 11.7. The molecule has 0 amide bonds. The lowest BCUT2D eigenvalue weighted by Gasteiger charge is -2.18.